The number of methoxy groups -OCH3 is 1. The summed E-state index contributed by atoms with van der Waals surface area (Å²) in [6.45, 7) is 1.99. The van der Waals surface area contributed by atoms with Crippen molar-refractivity contribution in [3.63, 3.8) is 0 Å². The average molecular weight is 426 g/mol. The lowest BCUT2D eigenvalue weighted by Crippen LogP contribution is -2.48. The number of sulfonamides is 1. The second-order valence-corrected chi connectivity index (χ2v) is 11.4. The normalized spacial score (nSPS) is 29.7. The highest BCUT2D eigenvalue weighted by atomic mass is 32.2. The van der Waals surface area contributed by atoms with E-state index in [2.05, 4.69) is 16.9 Å². The maximum absolute atomic E-state index is 12.9. The van der Waals surface area contributed by atoms with Gasteiger partial charge in [0.2, 0.25) is 0 Å². The molecule has 4 bridgehead atoms. The Kier molecular flexibility index (Phi) is 4.85. The molecule has 0 saturated heterocycles. The van der Waals surface area contributed by atoms with Crippen molar-refractivity contribution in [3.8, 4) is 5.75 Å². The molecule has 160 valence electrons. The van der Waals surface area contributed by atoms with Gasteiger partial charge in [0.05, 0.1) is 12.0 Å². The molecule has 0 radical (unpaired) electrons. The summed E-state index contributed by atoms with van der Waals surface area (Å²) in [5.74, 6) is 3.42. The Morgan fingerprint density at radius 3 is 2.10 bits per heavy atom. The predicted molar refractivity (Wildman–Crippen MR) is 119 cm³/mol. The van der Waals surface area contributed by atoms with Crippen molar-refractivity contribution in [2.75, 3.05) is 11.8 Å². The van der Waals surface area contributed by atoms with Crippen molar-refractivity contribution in [2.24, 2.45) is 17.8 Å². The Morgan fingerprint density at radius 2 is 1.57 bits per heavy atom. The van der Waals surface area contributed by atoms with E-state index in [-0.39, 0.29) is 4.90 Å². The topological polar surface area (TPSA) is 55.4 Å². The summed E-state index contributed by atoms with van der Waals surface area (Å²) >= 11 is 0. The van der Waals surface area contributed by atoms with Crippen LogP contribution in [0.1, 0.15) is 56.6 Å². The van der Waals surface area contributed by atoms with Crippen LogP contribution in [0.5, 0.6) is 5.75 Å². The summed E-state index contributed by atoms with van der Waals surface area (Å²) in [7, 11) is -2.03. The summed E-state index contributed by atoms with van der Waals surface area (Å²) < 4.78 is 33.9. The molecule has 2 aromatic rings. The van der Waals surface area contributed by atoms with Gasteiger partial charge in [-0.1, -0.05) is 19.1 Å². The van der Waals surface area contributed by atoms with Crippen molar-refractivity contribution in [2.45, 2.75) is 62.2 Å². The molecule has 2 aromatic carbocycles. The smallest absolute Gasteiger partial charge is 0.261 e. The third kappa shape index (κ3) is 3.41. The van der Waals surface area contributed by atoms with Crippen molar-refractivity contribution in [1.82, 2.24) is 0 Å². The van der Waals surface area contributed by atoms with Gasteiger partial charge in [-0.25, -0.2) is 8.42 Å². The number of ether oxygens (including phenoxy) is 1. The molecule has 0 aromatic heterocycles. The van der Waals surface area contributed by atoms with E-state index in [9.17, 15) is 8.42 Å². The molecular weight excluding hydrogens is 394 g/mol. The minimum atomic E-state index is -3.63. The molecule has 0 aliphatic heterocycles. The van der Waals surface area contributed by atoms with E-state index >= 15 is 0 Å². The molecule has 4 aliphatic rings. The Hall–Kier alpha value is -2.01. The van der Waals surface area contributed by atoms with E-state index in [0.717, 1.165) is 29.1 Å². The van der Waals surface area contributed by atoms with Crippen LogP contribution >= 0.6 is 0 Å². The summed E-state index contributed by atoms with van der Waals surface area (Å²) in [6.07, 6.45) is 8.95. The van der Waals surface area contributed by atoms with Gasteiger partial charge in [-0.2, -0.15) is 0 Å². The number of rotatable bonds is 6. The molecule has 4 saturated carbocycles. The first-order chi connectivity index (χ1) is 14.4. The van der Waals surface area contributed by atoms with E-state index in [1.165, 1.54) is 44.1 Å². The molecule has 5 heteroatoms. The van der Waals surface area contributed by atoms with E-state index in [0.29, 0.717) is 17.5 Å². The van der Waals surface area contributed by atoms with E-state index in [1.807, 2.05) is 19.1 Å². The van der Waals surface area contributed by atoms with Crippen LogP contribution in [-0.4, -0.2) is 15.5 Å². The van der Waals surface area contributed by atoms with Gasteiger partial charge < -0.3 is 4.74 Å². The number of benzene rings is 2. The Bertz CT molecular complexity index is 1010. The molecule has 4 aliphatic carbocycles. The van der Waals surface area contributed by atoms with Crippen molar-refractivity contribution >= 4 is 15.7 Å². The van der Waals surface area contributed by atoms with Crippen LogP contribution in [0.2, 0.25) is 0 Å². The van der Waals surface area contributed by atoms with E-state index in [1.54, 1.807) is 25.3 Å². The summed E-state index contributed by atoms with van der Waals surface area (Å²) in [4.78, 5) is 0.269. The number of aryl methyl sites for hydroxylation is 1. The molecule has 6 rings (SSSR count). The zero-order chi connectivity index (χ0) is 20.9. The Morgan fingerprint density at radius 1 is 0.967 bits per heavy atom. The largest absolute Gasteiger partial charge is 0.496 e. The number of hydrogen-bond donors (Lipinski definition) is 1. The van der Waals surface area contributed by atoms with Crippen molar-refractivity contribution < 1.29 is 13.2 Å². The van der Waals surface area contributed by atoms with Gasteiger partial charge in [-0.15, -0.1) is 0 Å². The fourth-order valence-corrected chi connectivity index (χ4v) is 7.88. The highest BCUT2D eigenvalue weighted by molar-refractivity contribution is 7.92. The zero-order valence-corrected chi connectivity index (χ0v) is 18.7. The maximum atomic E-state index is 12.9. The molecular formula is C25H31NO3S. The number of hydrogen-bond acceptors (Lipinski definition) is 3. The summed E-state index contributed by atoms with van der Waals surface area (Å²) in [5, 5.41) is 0. The zero-order valence-electron chi connectivity index (χ0n) is 17.9. The number of anilines is 1. The summed E-state index contributed by atoms with van der Waals surface area (Å²) in [6, 6.07) is 13.2. The molecule has 0 atom stereocenters. The highest BCUT2D eigenvalue weighted by Gasteiger charge is 2.51. The van der Waals surface area contributed by atoms with Crippen LogP contribution in [0.4, 0.5) is 5.69 Å². The quantitative estimate of drug-likeness (QED) is 0.662. The highest BCUT2D eigenvalue weighted by Crippen LogP contribution is 2.60. The fourth-order valence-electron chi connectivity index (χ4n) is 6.77. The molecule has 0 unspecified atom stereocenters. The van der Waals surface area contributed by atoms with Crippen LogP contribution < -0.4 is 9.46 Å². The van der Waals surface area contributed by atoms with Crippen LogP contribution in [-0.2, 0) is 21.9 Å². The second-order valence-electron chi connectivity index (χ2n) is 9.71. The molecule has 0 amide bonds. The van der Waals surface area contributed by atoms with E-state index in [4.69, 9.17) is 4.74 Å². The van der Waals surface area contributed by atoms with Crippen molar-refractivity contribution in [1.29, 1.82) is 0 Å². The van der Waals surface area contributed by atoms with Crippen LogP contribution in [0.3, 0.4) is 0 Å². The summed E-state index contributed by atoms with van der Waals surface area (Å²) in [5.41, 5.74) is 3.25. The first-order valence-corrected chi connectivity index (χ1v) is 12.7. The average Bonchev–Trinajstić information content (AvgIpc) is 2.72. The minimum Gasteiger partial charge on any atom is -0.496 e. The molecule has 1 N–H and O–H groups in total. The first-order valence-electron chi connectivity index (χ1n) is 11.2. The Labute approximate surface area is 180 Å². The second kappa shape index (κ2) is 7.30. The van der Waals surface area contributed by atoms with Gasteiger partial charge in [0.15, 0.2) is 0 Å². The molecule has 0 spiro atoms. The van der Waals surface area contributed by atoms with Gasteiger partial charge in [-0.3, -0.25) is 4.72 Å². The van der Waals surface area contributed by atoms with Gasteiger partial charge in [0.25, 0.3) is 10.0 Å². The molecule has 0 heterocycles. The molecule has 4 fully saturated rings. The van der Waals surface area contributed by atoms with Gasteiger partial charge in [0, 0.05) is 5.69 Å². The maximum Gasteiger partial charge on any atom is 0.261 e. The monoisotopic (exact) mass is 425 g/mol. The lowest BCUT2D eigenvalue weighted by Gasteiger charge is -2.57. The van der Waals surface area contributed by atoms with Crippen LogP contribution in [0.15, 0.2) is 47.4 Å². The lowest BCUT2D eigenvalue weighted by molar-refractivity contribution is -0.00518. The van der Waals surface area contributed by atoms with Gasteiger partial charge in [0.1, 0.15) is 5.75 Å². The van der Waals surface area contributed by atoms with Gasteiger partial charge >= 0.3 is 0 Å². The molecule has 4 nitrogen and oxygen atoms in total. The molecule has 30 heavy (non-hydrogen) atoms. The van der Waals surface area contributed by atoms with Crippen LogP contribution in [0, 0.1) is 17.8 Å². The lowest BCUT2D eigenvalue weighted by atomic mass is 9.48. The first kappa shape index (κ1) is 19.9. The third-order valence-electron chi connectivity index (χ3n) is 7.73. The number of nitrogens with one attached hydrogen (secondary N) is 1. The Balaban J connectivity index is 1.36. The predicted octanol–water partition coefficient (Wildman–Crippen LogP) is 5.53. The van der Waals surface area contributed by atoms with Gasteiger partial charge in [-0.05, 0) is 110 Å². The third-order valence-corrected chi connectivity index (χ3v) is 9.11. The minimum absolute atomic E-state index is 0.269. The van der Waals surface area contributed by atoms with Crippen molar-refractivity contribution in [3.05, 3.63) is 53.6 Å². The fraction of sp³-hybridized carbons (Fsp3) is 0.520. The van der Waals surface area contributed by atoms with E-state index < -0.39 is 10.0 Å². The van der Waals surface area contributed by atoms with Crippen LogP contribution in [0.25, 0.3) is 0 Å². The SMILES string of the molecule is CCc1cc(S(=O)(=O)Nc2ccc(C34CC5CC(CC(C5)C3)C4)cc2)ccc1OC. The standard InChI is InChI=1S/C25H31NO3S/c1-3-20-13-23(8-9-24(20)29-2)30(27,28)26-22-6-4-21(5-7-22)25-14-17-10-18(15-25)12-19(11-17)16-25/h4-9,13,17-19,26H,3,10-12,14-16H2,1-2H3.